The summed E-state index contributed by atoms with van der Waals surface area (Å²) in [6.07, 6.45) is 15.2. The molecule has 3 rings (SSSR count). The van der Waals surface area contributed by atoms with E-state index in [2.05, 4.69) is 56.4 Å². The molecule has 39 heavy (non-hydrogen) atoms. The lowest BCUT2D eigenvalue weighted by Crippen LogP contribution is -2.67. The number of piperidine rings is 1. The normalized spacial score (nSPS) is 24.6. The van der Waals surface area contributed by atoms with Crippen molar-refractivity contribution < 1.29 is 14.4 Å². The number of amides is 3. The van der Waals surface area contributed by atoms with Gasteiger partial charge in [-0.2, -0.15) is 0 Å². The predicted molar refractivity (Wildman–Crippen MR) is 158 cm³/mol. The van der Waals surface area contributed by atoms with E-state index in [9.17, 15) is 14.4 Å². The van der Waals surface area contributed by atoms with Crippen molar-refractivity contribution in [2.45, 2.75) is 142 Å². The average molecular weight is 547 g/mol. The Kier molecular flexibility index (Phi) is 11.9. The Balaban J connectivity index is 1.48. The SMILES string of the molecule is CCCCCCCCCCCCC1CC(=O)N(C2CC(C)(C)N(C(=O)CN3CCN(C)CC3)C(C)(C)C2)C1=O. The minimum absolute atomic E-state index is 0.00843. The molecule has 0 bridgehead atoms. The van der Waals surface area contributed by atoms with Gasteiger partial charge in [0.2, 0.25) is 17.7 Å². The fourth-order valence-electron chi connectivity index (χ4n) is 7.56. The van der Waals surface area contributed by atoms with Crippen molar-refractivity contribution in [3.63, 3.8) is 0 Å². The second kappa shape index (κ2) is 14.4. The van der Waals surface area contributed by atoms with Crippen molar-refractivity contribution in [1.82, 2.24) is 19.6 Å². The highest BCUT2D eigenvalue weighted by molar-refractivity contribution is 6.03. The Labute approximate surface area is 239 Å². The summed E-state index contributed by atoms with van der Waals surface area (Å²) in [5.41, 5.74) is -0.851. The summed E-state index contributed by atoms with van der Waals surface area (Å²) in [6, 6.07) is -0.139. The highest BCUT2D eigenvalue weighted by Crippen LogP contribution is 2.42. The van der Waals surface area contributed by atoms with Crippen molar-refractivity contribution in [1.29, 1.82) is 0 Å². The molecule has 7 heteroatoms. The number of hydrogen-bond acceptors (Lipinski definition) is 5. The van der Waals surface area contributed by atoms with E-state index in [-0.39, 0.29) is 29.7 Å². The summed E-state index contributed by atoms with van der Waals surface area (Å²) >= 11 is 0. The molecule has 3 aliphatic rings. The summed E-state index contributed by atoms with van der Waals surface area (Å²) in [7, 11) is 2.12. The number of piperazine rings is 1. The fraction of sp³-hybridized carbons (Fsp3) is 0.906. The minimum atomic E-state index is -0.425. The predicted octanol–water partition coefficient (Wildman–Crippen LogP) is 5.47. The lowest BCUT2D eigenvalue weighted by atomic mass is 9.76. The van der Waals surface area contributed by atoms with Crippen molar-refractivity contribution in [2.75, 3.05) is 39.8 Å². The van der Waals surface area contributed by atoms with Crippen molar-refractivity contribution in [3.8, 4) is 0 Å². The molecule has 0 aromatic rings. The number of nitrogens with zero attached hydrogens (tertiary/aromatic N) is 4. The second-order valence-electron chi connectivity index (χ2n) is 14.0. The molecular weight excluding hydrogens is 488 g/mol. The van der Waals surface area contributed by atoms with Gasteiger partial charge in [-0.05, 0) is 54.0 Å². The van der Waals surface area contributed by atoms with Crippen LogP contribution in [-0.2, 0) is 14.4 Å². The molecule has 1 atom stereocenters. The maximum Gasteiger partial charge on any atom is 0.237 e. The average Bonchev–Trinajstić information content (AvgIpc) is 3.12. The van der Waals surface area contributed by atoms with Crippen molar-refractivity contribution in [2.24, 2.45) is 5.92 Å². The van der Waals surface area contributed by atoms with Crippen LogP contribution in [0.3, 0.4) is 0 Å². The van der Waals surface area contributed by atoms with Crippen LogP contribution in [0.5, 0.6) is 0 Å². The summed E-state index contributed by atoms with van der Waals surface area (Å²) in [6.45, 7) is 14.9. The molecule has 3 heterocycles. The van der Waals surface area contributed by atoms with Crippen LogP contribution in [0.15, 0.2) is 0 Å². The Morgan fingerprint density at radius 2 is 1.31 bits per heavy atom. The van der Waals surface area contributed by atoms with Crippen molar-refractivity contribution >= 4 is 17.7 Å². The molecule has 3 fully saturated rings. The van der Waals surface area contributed by atoms with Gasteiger partial charge in [0.25, 0.3) is 0 Å². The third kappa shape index (κ3) is 8.76. The molecule has 0 radical (unpaired) electrons. The molecule has 3 amide bonds. The molecular formula is C32H58N4O3. The highest BCUT2D eigenvalue weighted by atomic mass is 16.2. The van der Waals surface area contributed by atoms with Gasteiger partial charge in [0, 0.05) is 55.6 Å². The van der Waals surface area contributed by atoms with Crippen LogP contribution in [0, 0.1) is 5.92 Å². The Bertz CT molecular complexity index is 800. The molecule has 0 spiro atoms. The molecule has 0 aromatic carbocycles. The zero-order chi connectivity index (χ0) is 28.6. The quantitative estimate of drug-likeness (QED) is 0.214. The van der Waals surface area contributed by atoms with Gasteiger partial charge in [0.05, 0.1) is 6.54 Å². The van der Waals surface area contributed by atoms with Crippen LogP contribution < -0.4 is 0 Å². The van der Waals surface area contributed by atoms with Crippen LogP contribution in [0.2, 0.25) is 0 Å². The summed E-state index contributed by atoms with van der Waals surface area (Å²) in [5, 5.41) is 0. The van der Waals surface area contributed by atoms with Crippen LogP contribution in [0.25, 0.3) is 0 Å². The molecule has 0 aliphatic carbocycles. The monoisotopic (exact) mass is 546 g/mol. The molecule has 0 aromatic heterocycles. The summed E-state index contributed by atoms with van der Waals surface area (Å²) < 4.78 is 0. The molecule has 1 unspecified atom stereocenters. The largest absolute Gasteiger partial charge is 0.331 e. The number of carbonyl (C=O) groups is 3. The number of hydrogen-bond donors (Lipinski definition) is 0. The summed E-state index contributed by atoms with van der Waals surface area (Å²) in [5.74, 6) is 0.0243. The third-order valence-electron chi connectivity index (χ3n) is 9.43. The van der Waals surface area contributed by atoms with Gasteiger partial charge in [-0.1, -0.05) is 71.1 Å². The summed E-state index contributed by atoms with van der Waals surface area (Å²) in [4.78, 5) is 48.4. The highest BCUT2D eigenvalue weighted by Gasteiger charge is 2.52. The van der Waals surface area contributed by atoms with E-state index in [4.69, 9.17) is 0 Å². The van der Waals surface area contributed by atoms with Crippen LogP contribution in [0.1, 0.15) is 125 Å². The number of imide groups is 1. The molecule has 7 nitrogen and oxygen atoms in total. The van der Waals surface area contributed by atoms with Gasteiger partial charge in [-0.25, -0.2) is 0 Å². The first kappa shape index (κ1) is 32.0. The van der Waals surface area contributed by atoms with E-state index in [1.807, 2.05) is 0 Å². The Morgan fingerprint density at radius 1 is 0.795 bits per heavy atom. The van der Waals surface area contributed by atoms with Gasteiger partial charge in [0.15, 0.2) is 0 Å². The zero-order valence-corrected chi connectivity index (χ0v) is 26.1. The first-order valence-corrected chi connectivity index (χ1v) is 16.1. The standard InChI is InChI=1S/C32H58N4O3/c1-7-8-9-10-11-12-13-14-15-16-17-26-22-28(37)35(30(26)39)27-23-31(2,3)36(32(4,5)24-27)29(38)25-34-20-18-33(6)19-21-34/h26-27H,7-25H2,1-6H3. The van der Waals surface area contributed by atoms with E-state index >= 15 is 0 Å². The lowest BCUT2D eigenvalue weighted by molar-refractivity contribution is -0.158. The van der Waals surface area contributed by atoms with E-state index in [1.54, 1.807) is 4.90 Å². The topological polar surface area (TPSA) is 64.2 Å². The third-order valence-corrected chi connectivity index (χ3v) is 9.43. The first-order chi connectivity index (χ1) is 18.5. The molecule has 3 saturated heterocycles. The number of unbranched alkanes of at least 4 members (excludes halogenated alkanes) is 9. The number of carbonyl (C=O) groups excluding carboxylic acids is 3. The van der Waals surface area contributed by atoms with Crippen LogP contribution in [0.4, 0.5) is 0 Å². The van der Waals surface area contributed by atoms with Gasteiger partial charge < -0.3 is 9.80 Å². The van der Waals surface area contributed by atoms with Gasteiger partial charge in [0.1, 0.15) is 0 Å². The fourth-order valence-corrected chi connectivity index (χ4v) is 7.56. The van der Waals surface area contributed by atoms with E-state index in [0.29, 0.717) is 25.8 Å². The number of likely N-dealkylation sites (N-methyl/N-ethyl adjacent to an activating group) is 1. The maximum atomic E-state index is 13.6. The lowest BCUT2D eigenvalue weighted by Gasteiger charge is -2.56. The molecule has 224 valence electrons. The first-order valence-electron chi connectivity index (χ1n) is 16.1. The van der Waals surface area contributed by atoms with E-state index < -0.39 is 11.1 Å². The molecule has 0 N–H and O–H groups in total. The number of rotatable bonds is 14. The van der Waals surface area contributed by atoms with Crippen LogP contribution in [-0.4, -0.2) is 94.2 Å². The molecule has 3 aliphatic heterocycles. The van der Waals surface area contributed by atoms with Gasteiger partial charge in [-0.15, -0.1) is 0 Å². The maximum absolute atomic E-state index is 13.6. The Morgan fingerprint density at radius 3 is 1.85 bits per heavy atom. The van der Waals surface area contributed by atoms with E-state index in [0.717, 1.165) is 45.4 Å². The van der Waals surface area contributed by atoms with Gasteiger partial charge >= 0.3 is 0 Å². The second-order valence-corrected chi connectivity index (χ2v) is 14.0. The van der Waals surface area contributed by atoms with E-state index in [1.165, 1.54) is 51.4 Å². The smallest absolute Gasteiger partial charge is 0.237 e. The van der Waals surface area contributed by atoms with Crippen molar-refractivity contribution in [3.05, 3.63) is 0 Å². The van der Waals surface area contributed by atoms with Crippen LogP contribution >= 0.6 is 0 Å². The molecule has 0 saturated carbocycles. The zero-order valence-electron chi connectivity index (χ0n) is 26.1. The number of likely N-dealkylation sites (tertiary alicyclic amines) is 2. The van der Waals surface area contributed by atoms with Gasteiger partial charge in [-0.3, -0.25) is 24.2 Å². The minimum Gasteiger partial charge on any atom is -0.331 e. The Hall–Kier alpha value is -1.47.